The Hall–Kier alpha value is -0.320. The molecule has 5 heteroatoms. The fourth-order valence-electron chi connectivity index (χ4n) is 1.85. The Morgan fingerprint density at radius 2 is 2.25 bits per heavy atom. The zero-order valence-corrected chi connectivity index (χ0v) is 10.6. The smallest absolute Gasteiger partial charge is 0.248 e. The summed E-state index contributed by atoms with van der Waals surface area (Å²) in [6.07, 6.45) is 2.55. The van der Waals surface area contributed by atoms with Crippen molar-refractivity contribution >= 4 is 18.3 Å². The molecule has 2 aliphatic rings. The van der Waals surface area contributed by atoms with Crippen LogP contribution in [0.3, 0.4) is 0 Å². The van der Waals surface area contributed by atoms with Crippen LogP contribution in [0.4, 0.5) is 0 Å². The van der Waals surface area contributed by atoms with Gasteiger partial charge in [0.1, 0.15) is 6.61 Å². The minimum Gasteiger partial charge on any atom is -0.371 e. The van der Waals surface area contributed by atoms with Gasteiger partial charge in [-0.1, -0.05) is 0 Å². The fraction of sp³-hybridized carbons (Fsp3) is 0.909. The summed E-state index contributed by atoms with van der Waals surface area (Å²) in [7, 11) is 0. The van der Waals surface area contributed by atoms with E-state index in [2.05, 4.69) is 12.2 Å². The van der Waals surface area contributed by atoms with Gasteiger partial charge in [0.05, 0.1) is 6.61 Å². The second-order valence-corrected chi connectivity index (χ2v) is 4.65. The lowest BCUT2D eigenvalue weighted by Crippen LogP contribution is -2.52. The molecular weight excluding hydrogens is 228 g/mol. The van der Waals surface area contributed by atoms with Gasteiger partial charge in [-0.05, 0) is 25.7 Å². The Balaban J connectivity index is 0.00000128. The van der Waals surface area contributed by atoms with Gasteiger partial charge in [-0.25, -0.2) is 0 Å². The molecule has 1 atom stereocenters. The Kier molecular flexibility index (Phi) is 5.52. The van der Waals surface area contributed by atoms with E-state index >= 15 is 0 Å². The van der Waals surface area contributed by atoms with Gasteiger partial charge in [-0.3, -0.25) is 4.79 Å². The summed E-state index contributed by atoms with van der Waals surface area (Å²) < 4.78 is 5.40. The molecule has 0 spiro atoms. The third-order valence-electron chi connectivity index (χ3n) is 3.00. The molecular formula is C11H21ClN2O2. The number of amides is 1. The topological polar surface area (TPSA) is 41.6 Å². The molecule has 1 aliphatic heterocycles. The van der Waals surface area contributed by atoms with Crippen molar-refractivity contribution in [3.63, 3.8) is 0 Å². The maximum Gasteiger partial charge on any atom is 0.248 e. The predicted octanol–water partition coefficient (Wildman–Crippen LogP) is 0.655. The van der Waals surface area contributed by atoms with Crippen LogP contribution < -0.4 is 5.32 Å². The fourth-order valence-corrected chi connectivity index (χ4v) is 1.85. The zero-order valence-electron chi connectivity index (χ0n) is 9.78. The molecule has 1 amide bonds. The van der Waals surface area contributed by atoms with Gasteiger partial charge in [0.15, 0.2) is 0 Å². The minimum absolute atomic E-state index is 0. The highest BCUT2D eigenvalue weighted by atomic mass is 35.5. The predicted molar refractivity (Wildman–Crippen MR) is 64.8 cm³/mol. The maximum absolute atomic E-state index is 11.7. The number of halogens is 1. The lowest BCUT2D eigenvalue weighted by atomic mass is 10.2. The summed E-state index contributed by atoms with van der Waals surface area (Å²) in [6.45, 7) is 5.66. The molecule has 1 saturated heterocycles. The van der Waals surface area contributed by atoms with E-state index in [0.717, 1.165) is 32.2 Å². The standard InChI is InChI=1S/C11H20N2O2.ClH/c1-9-6-13(5-4-12-9)11(14)8-15-7-10-2-3-10;/h9-10,12H,2-8H2,1H3;1H/t9-;/m1./s1. The van der Waals surface area contributed by atoms with E-state index in [0.29, 0.717) is 6.04 Å². The number of hydrogen-bond acceptors (Lipinski definition) is 3. The summed E-state index contributed by atoms with van der Waals surface area (Å²) in [6, 6.07) is 0.408. The summed E-state index contributed by atoms with van der Waals surface area (Å²) in [5, 5.41) is 3.32. The first-order valence-corrected chi connectivity index (χ1v) is 5.84. The average Bonchev–Trinajstić information content (AvgIpc) is 3.01. The lowest BCUT2D eigenvalue weighted by molar-refractivity contribution is -0.137. The number of piperazine rings is 1. The van der Waals surface area contributed by atoms with Crippen molar-refractivity contribution in [2.24, 2.45) is 5.92 Å². The molecule has 2 rings (SSSR count). The molecule has 0 radical (unpaired) electrons. The van der Waals surface area contributed by atoms with E-state index < -0.39 is 0 Å². The third-order valence-corrected chi connectivity index (χ3v) is 3.00. The van der Waals surface area contributed by atoms with E-state index in [1.807, 2.05) is 4.90 Å². The molecule has 94 valence electrons. The van der Waals surface area contributed by atoms with Gasteiger partial charge in [-0.15, -0.1) is 12.4 Å². The number of carbonyl (C=O) groups is 1. The van der Waals surface area contributed by atoms with Crippen LogP contribution in [0.5, 0.6) is 0 Å². The number of nitrogens with one attached hydrogen (secondary N) is 1. The first kappa shape index (κ1) is 13.7. The van der Waals surface area contributed by atoms with Crippen LogP contribution in [0.1, 0.15) is 19.8 Å². The average molecular weight is 249 g/mol. The number of ether oxygens (including phenoxy) is 1. The molecule has 4 nitrogen and oxygen atoms in total. The van der Waals surface area contributed by atoms with Crippen molar-refractivity contribution < 1.29 is 9.53 Å². The first-order chi connectivity index (χ1) is 7.25. The van der Waals surface area contributed by atoms with Crippen molar-refractivity contribution in [3.8, 4) is 0 Å². The number of nitrogens with zero attached hydrogens (tertiary/aromatic N) is 1. The van der Waals surface area contributed by atoms with E-state index in [-0.39, 0.29) is 24.9 Å². The van der Waals surface area contributed by atoms with Crippen LogP contribution in [-0.2, 0) is 9.53 Å². The highest BCUT2D eigenvalue weighted by Gasteiger charge is 2.23. The van der Waals surface area contributed by atoms with E-state index in [4.69, 9.17) is 4.74 Å². The molecule has 1 heterocycles. The molecule has 1 saturated carbocycles. The van der Waals surface area contributed by atoms with Crippen LogP contribution in [0.2, 0.25) is 0 Å². The summed E-state index contributed by atoms with van der Waals surface area (Å²) in [5.74, 6) is 0.878. The van der Waals surface area contributed by atoms with E-state index in [9.17, 15) is 4.79 Å². The Morgan fingerprint density at radius 3 is 2.88 bits per heavy atom. The van der Waals surface area contributed by atoms with Crippen LogP contribution in [0, 0.1) is 5.92 Å². The highest BCUT2D eigenvalue weighted by Crippen LogP contribution is 2.28. The monoisotopic (exact) mass is 248 g/mol. The largest absolute Gasteiger partial charge is 0.371 e. The molecule has 0 aromatic heterocycles. The number of hydrogen-bond donors (Lipinski definition) is 1. The normalized spacial score (nSPS) is 25.1. The zero-order chi connectivity index (χ0) is 10.7. The molecule has 16 heavy (non-hydrogen) atoms. The van der Waals surface area contributed by atoms with Crippen molar-refractivity contribution in [1.82, 2.24) is 10.2 Å². The summed E-state index contributed by atoms with van der Waals surface area (Å²) in [4.78, 5) is 13.6. The van der Waals surface area contributed by atoms with Crippen LogP contribution >= 0.6 is 12.4 Å². The van der Waals surface area contributed by atoms with E-state index in [1.54, 1.807) is 0 Å². The van der Waals surface area contributed by atoms with Crippen molar-refractivity contribution in [3.05, 3.63) is 0 Å². The van der Waals surface area contributed by atoms with Crippen molar-refractivity contribution in [2.45, 2.75) is 25.8 Å². The summed E-state index contributed by atoms with van der Waals surface area (Å²) in [5.41, 5.74) is 0. The van der Waals surface area contributed by atoms with Crippen molar-refractivity contribution in [2.75, 3.05) is 32.8 Å². The SMILES string of the molecule is C[C@@H]1CN(C(=O)COCC2CC2)CCN1.Cl. The Labute approximate surface area is 103 Å². The Bertz CT molecular complexity index is 234. The number of carbonyl (C=O) groups excluding carboxylic acids is 1. The lowest BCUT2D eigenvalue weighted by Gasteiger charge is -2.31. The number of rotatable bonds is 4. The van der Waals surface area contributed by atoms with Gasteiger partial charge < -0.3 is 15.0 Å². The van der Waals surface area contributed by atoms with E-state index in [1.165, 1.54) is 12.8 Å². The second-order valence-electron chi connectivity index (χ2n) is 4.65. The molecule has 0 unspecified atom stereocenters. The molecule has 1 aliphatic carbocycles. The highest BCUT2D eigenvalue weighted by molar-refractivity contribution is 5.85. The Morgan fingerprint density at radius 1 is 1.50 bits per heavy atom. The van der Waals surface area contributed by atoms with Crippen LogP contribution in [0.25, 0.3) is 0 Å². The maximum atomic E-state index is 11.7. The van der Waals surface area contributed by atoms with Gasteiger partial charge in [-0.2, -0.15) is 0 Å². The second kappa shape index (κ2) is 6.42. The molecule has 2 fully saturated rings. The quantitative estimate of drug-likeness (QED) is 0.795. The molecule has 1 N–H and O–H groups in total. The van der Waals surface area contributed by atoms with Gasteiger partial charge in [0, 0.05) is 25.7 Å². The van der Waals surface area contributed by atoms with Crippen LogP contribution in [-0.4, -0.2) is 49.7 Å². The third kappa shape index (κ3) is 4.28. The first-order valence-electron chi connectivity index (χ1n) is 5.84. The molecule has 0 aromatic carbocycles. The summed E-state index contributed by atoms with van der Waals surface area (Å²) >= 11 is 0. The van der Waals surface area contributed by atoms with Gasteiger partial charge in [0.2, 0.25) is 5.91 Å². The van der Waals surface area contributed by atoms with Crippen molar-refractivity contribution in [1.29, 1.82) is 0 Å². The molecule has 0 bridgehead atoms. The molecule has 0 aromatic rings. The van der Waals surface area contributed by atoms with Gasteiger partial charge >= 0.3 is 0 Å². The van der Waals surface area contributed by atoms with Gasteiger partial charge in [0.25, 0.3) is 0 Å². The minimum atomic E-state index is 0. The van der Waals surface area contributed by atoms with Crippen LogP contribution in [0.15, 0.2) is 0 Å².